The van der Waals surface area contributed by atoms with E-state index < -0.39 is 10.1 Å². The summed E-state index contributed by atoms with van der Waals surface area (Å²) < 4.78 is 35.9. The second-order valence-electron chi connectivity index (χ2n) is 4.55. The predicted octanol–water partition coefficient (Wildman–Crippen LogP) is 0.252. The number of anilines is 1. The molecule has 7 nitrogen and oxygen atoms in total. The molecule has 2 rings (SSSR count). The molecule has 0 aliphatic heterocycles. The Labute approximate surface area is 156 Å². The van der Waals surface area contributed by atoms with Crippen molar-refractivity contribution in [3.8, 4) is 5.75 Å². The van der Waals surface area contributed by atoms with Crippen LogP contribution in [0.1, 0.15) is 5.56 Å². The maximum absolute atomic E-state index is 10.9. The summed E-state index contributed by atoms with van der Waals surface area (Å²) in [6.07, 6.45) is 0. The van der Waals surface area contributed by atoms with Crippen LogP contribution in [-0.2, 0) is 10.1 Å². The van der Waals surface area contributed by atoms with Gasteiger partial charge in [0, 0.05) is 6.07 Å². The van der Waals surface area contributed by atoms with E-state index in [-0.39, 0.29) is 34.5 Å². The van der Waals surface area contributed by atoms with Crippen LogP contribution in [0.3, 0.4) is 0 Å². The molecule has 0 aliphatic carbocycles. The number of ether oxygens (including phenoxy) is 1. The van der Waals surface area contributed by atoms with Crippen LogP contribution in [0.5, 0.6) is 5.75 Å². The minimum atomic E-state index is -4.21. The fourth-order valence-corrected chi connectivity index (χ4v) is 2.26. The molecule has 0 amide bonds. The molecule has 2 aromatic carbocycles. The van der Waals surface area contributed by atoms with Gasteiger partial charge in [0.2, 0.25) is 0 Å². The normalized spacial score (nSPS) is 11.3. The van der Waals surface area contributed by atoms with E-state index >= 15 is 0 Å². The number of methoxy groups -OCH3 is 1. The summed E-state index contributed by atoms with van der Waals surface area (Å²) in [4.78, 5) is -0.197. The van der Waals surface area contributed by atoms with Gasteiger partial charge in [0.1, 0.15) is 5.75 Å². The maximum Gasteiger partial charge on any atom is 1.00 e. The molecule has 0 atom stereocenters. The van der Waals surface area contributed by atoms with Gasteiger partial charge in [-0.15, -0.1) is 0 Å². The topological polar surface area (TPSA) is 114 Å². The van der Waals surface area contributed by atoms with E-state index in [4.69, 9.17) is 15.0 Å². The largest absolute Gasteiger partial charge is 1.00 e. The number of benzene rings is 2. The zero-order valence-corrected chi connectivity index (χ0v) is 15.8. The first-order chi connectivity index (χ1) is 10.3. The minimum Gasteiger partial charge on any atom is -0.495 e. The number of azo groups is 1. The molecule has 0 radical (unpaired) electrons. The van der Waals surface area contributed by atoms with E-state index in [9.17, 15) is 8.42 Å². The van der Waals surface area contributed by atoms with Gasteiger partial charge in [-0.2, -0.15) is 18.6 Å². The standard InChI is InChI=1S/C14H15N3O4S.Na/c1-9-7-12(15)14(21-2)8-13(9)17-16-10-3-5-11(6-4-10)22(18,19)20;/h3-8H,15H2,1-2H3,(H,18,19,20);/q;+1. The van der Waals surface area contributed by atoms with Crippen molar-refractivity contribution in [3.63, 3.8) is 0 Å². The third kappa shape index (κ3) is 5.02. The van der Waals surface area contributed by atoms with E-state index in [1.165, 1.54) is 31.4 Å². The first-order valence-electron chi connectivity index (χ1n) is 6.24. The zero-order valence-electron chi connectivity index (χ0n) is 13.0. The van der Waals surface area contributed by atoms with E-state index in [2.05, 4.69) is 10.2 Å². The third-order valence-electron chi connectivity index (χ3n) is 2.96. The molecule has 0 saturated carbocycles. The number of hydrogen-bond acceptors (Lipinski definition) is 6. The van der Waals surface area contributed by atoms with Crippen LogP contribution in [0.2, 0.25) is 0 Å². The first kappa shape index (κ1) is 19.6. The van der Waals surface area contributed by atoms with Crippen molar-refractivity contribution < 1.29 is 47.3 Å². The molecule has 0 unspecified atom stereocenters. The van der Waals surface area contributed by atoms with Crippen molar-refractivity contribution in [2.75, 3.05) is 12.8 Å². The van der Waals surface area contributed by atoms with Gasteiger partial charge >= 0.3 is 29.6 Å². The van der Waals surface area contributed by atoms with Gasteiger partial charge < -0.3 is 10.5 Å². The van der Waals surface area contributed by atoms with E-state index in [1.54, 1.807) is 12.1 Å². The fourth-order valence-electron chi connectivity index (χ4n) is 1.78. The summed E-state index contributed by atoms with van der Waals surface area (Å²) in [6, 6.07) is 8.78. The van der Waals surface area contributed by atoms with Gasteiger partial charge in [0.05, 0.1) is 29.1 Å². The molecule has 0 bridgehead atoms. The van der Waals surface area contributed by atoms with Crippen molar-refractivity contribution in [2.45, 2.75) is 11.8 Å². The van der Waals surface area contributed by atoms with Crippen molar-refractivity contribution in [2.24, 2.45) is 10.2 Å². The number of nitrogens with two attached hydrogens (primary N) is 1. The summed E-state index contributed by atoms with van der Waals surface area (Å²) in [5.74, 6) is 0.501. The maximum atomic E-state index is 10.9. The molecule has 0 fully saturated rings. The average molecular weight is 344 g/mol. The summed E-state index contributed by atoms with van der Waals surface area (Å²) in [6.45, 7) is 1.84. The van der Waals surface area contributed by atoms with Crippen molar-refractivity contribution in [3.05, 3.63) is 42.0 Å². The van der Waals surface area contributed by atoms with Crippen molar-refractivity contribution >= 4 is 27.2 Å². The van der Waals surface area contributed by atoms with E-state index in [0.717, 1.165) is 5.56 Å². The van der Waals surface area contributed by atoms with Crippen LogP contribution in [-0.4, -0.2) is 20.1 Å². The Morgan fingerprint density at radius 2 is 1.74 bits per heavy atom. The minimum absolute atomic E-state index is 0. The molecular weight excluding hydrogens is 329 g/mol. The van der Waals surface area contributed by atoms with Crippen LogP contribution in [0.4, 0.5) is 17.1 Å². The number of hydrogen-bond donors (Lipinski definition) is 2. The smallest absolute Gasteiger partial charge is 0.495 e. The summed E-state index contributed by atoms with van der Waals surface area (Å²) >= 11 is 0. The van der Waals surface area contributed by atoms with E-state index in [1.807, 2.05) is 6.92 Å². The molecule has 0 saturated heterocycles. The number of rotatable bonds is 4. The molecule has 3 N–H and O–H groups in total. The molecule has 9 heteroatoms. The number of nitrogen functional groups attached to an aromatic ring is 1. The zero-order chi connectivity index (χ0) is 16.3. The fraction of sp³-hybridized carbons (Fsp3) is 0.143. The summed E-state index contributed by atoms with van der Waals surface area (Å²) in [5, 5.41) is 8.11. The van der Waals surface area contributed by atoms with Gasteiger partial charge in [-0.3, -0.25) is 4.55 Å². The molecule has 0 heterocycles. The van der Waals surface area contributed by atoms with Gasteiger partial charge in [-0.1, -0.05) is 0 Å². The molecule has 116 valence electrons. The Hall–Kier alpha value is -1.45. The van der Waals surface area contributed by atoms with Crippen LogP contribution in [0.15, 0.2) is 51.5 Å². The van der Waals surface area contributed by atoms with Gasteiger partial charge in [-0.25, -0.2) is 0 Å². The monoisotopic (exact) mass is 344 g/mol. The molecule has 0 aromatic heterocycles. The first-order valence-corrected chi connectivity index (χ1v) is 7.68. The summed E-state index contributed by atoms with van der Waals surface area (Å²) in [7, 11) is -2.70. The Kier molecular flexibility index (Phi) is 6.72. The second kappa shape index (κ2) is 7.89. The van der Waals surface area contributed by atoms with Crippen LogP contribution >= 0.6 is 0 Å². The SMILES string of the molecule is COc1cc(N=Nc2ccc(S(=O)(=O)O)cc2)c(C)cc1N.[Na+]. The van der Waals surface area contributed by atoms with Crippen LogP contribution in [0.25, 0.3) is 0 Å². The third-order valence-corrected chi connectivity index (χ3v) is 3.82. The van der Waals surface area contributed by atoms with Crippen LogP contribution < -0.4 is 40.0 Å². The Balaban J connectivity index is 0.00000264. The molecule has 23 heavy (non-hydrogen) atoms. The Morgan fingerprint density at radius 1 is 1.13 bits per heavy atom. The van der Waals surface area contributed by atoms with Crippen molar-refractivity contribution in [1.29, 1.82) is 0 Å². The van der Waals surface area contributed by atoms with Gasteiger partial charge in [0.15, 0.2) is 0 Å². The second-order valence-corrected chi connectivity index (χ2v) is 5.97. The average Bonchev–Trinajstić information content (AvgIpc) is 2.46. The molecule has 0 aliphatic rings. The number of aryl methyl sites for hydroxylation is 1. The molecule has 2 aromatic rings. The van der Waals surface area contributed by atoms with Crippen molar-refractivity contribution in [1.82, 2.24) is 0 Å². The Bertz CT molecular complexity index is 821. The quantitative estimate of drug-likeness (QED) is 0.357. The summed E-state index contributed by atoms with van der Waals surface area (Å²) in [5.41, 5.74) is 8.16. The van der Waals surface area contributed by atoms with E-state index in [0.29, 0.717) is 22.8 Å². The Morgan fingerprint density at radius 3 is 2.26 bits per heavy atom. The van der Waals surface area contributed by atoms with Gasteiger partial charge in [-0.05, 0) is 42.8 Å². The molecular formula is C14H15N3NaO4S+. The number of nitrogens with zero attached hydrogens (tertiary/aromatic N) is 2. The van der Waals surface area contributed by atoms with Gasteiger partial charge in [0.25, 0.3) is 10.1 Å². The molecule has 0 spiro atoms. The predicted molar refractivity (Wildman–Crippen MR) is 82.6 cm³/mol. The van der Waals surface area contributed by atoms with Crippen LogP contribution in [0, 0.1) is 6.92 Å².